The Morgan fingerprint density at radius 3 is 2.60 bits per heavy atom. The van der Waals surface area contributed by atoms with Crippen LogP contribution in [0.4, 0.5) is 13.2 Å². The molecule has 30 heavy (non-hydrogen) atoms. The molecule has 0 aromatic heterocycles. The zero-order valence-corrected chi connectivity index (χ0v) is 16.3. The highest BCUT2D eigenvalue weighted by molar-refractivity contribution is 6.65. The van der Waals surface area contributed by atoms with Crippen molar-refractivity contribution in [3.05, 3.63) is 58.1 Å². The average Bonchev–Trinajstić information content (AvgIpc) is 3.08. The maximum Gasteiger partial charge on any atom is 0.493 e. The van der Waals surface area contributed by atoms with Crippen LogP contribution in [-0.2, 0) is 17.4 Å². The van der Waals surface area contributed by atoms with Gasteiger partial charge in [0, 0.05) is 11.0 Å². The second-order valence-electron chi connectivity index (χ2n) is 6.88. The number of carbonyl (C=O) groups excluding carboxylic acids is 1. The topological polar surface area (TPSA) is 91.6 Å². The molecule has 0 bridgehead atoms. The highest BCUT2D eigenvalue weighted by Crippen LogP contribution is 2.30. The first-order valence-electron chi connectivity index (χ1n) is 8.69. The van der Waals surface area contributed by atoms with Crippen molar-refractivity contribution in [2.24, 2.45) is 0 Å². The first-order valence-corrected chi connectivity index (χ1v) is 9.06. The Kier molecular flexibility index (Phi) is 5.99. The van der Waals surface area contributed by atoms with Crippen LogP contribution in [0.5, 0.6) is 5.75 Å². The van der Waals surface area contributed by atoms with Crippen LogP contribution in [0.25, 0.3) is 0 Å². The average molecular weight is 439 g/mol. The Morgan fingerprint density at radius 2 is 2.00 bits per heavy atom. The summed E-state index contributed by atoms with van der Waals surface area (Å²) in [6, 6.07) is 8.74. The number of rotatable bonds is 5. The van der Waals surface area contributed by atoms with Gasteiger partial charge in [-0.1, -0.05) is 17.7 Å². The fraction of sp³-hybridized carbons (Fsp3) is 0.263. The second-order valence-corrected chi connectivity index (χ2v) is 7.25. The largest absolute Gasteiger partial charge is 0.493 e. The summed E-state index contributed by atoms with van der Waals surface area (Å²) in [5, 5.41) is 21.9. The third-order valence-corrected chi connectivity index (χ3v) is 4.90. The molecule has 1 unspecified atom stereocenters. The lowest BCUT2D eigenvalue weighted by molar-refractivity contribution is -0.137. The summed E-state index contributed by atoms with van der Waals surface area (Å²) >= 11 is 6.25. The zero-order valence-electron chi connectivity index (χ0n) is 15.6. The molecule has 156 valence electrons. The van der Waals surface area contributed by atoms with Crippen molar-refractivity contribution in [1.82, 2.24) is 5.32 Å². The highest BCUT2D eigenvalue weighted by atomic mass is 35.5. The van der Waals surface area contributed by atoms with E-state index in [1.54, 1.807) is 12.1 Å². The van der Waals surface area contributed by atoms with Crippen LogP contribution >= 0.6 is 11.6 Å². The number of nitrogens with one attached hydrogen (secondary N) is 1. The Morgan fingerprint density at radius 1 is 1.33 bits per heavy atom. The summed E-state index contributed by atoms with van der Waals surface area (Å²) in [4.78, 5) is 12.4. The van der Waals surface area contributed by atoms with Crippen molar-refractivity contribution < 1.29 is 32.4 Å². The molecule has 1 aliphatic rings. The van der Waals surface area contributed by atoms with E-state index in [4.69, 9.17) is 21.0 Å². The number of nitrogens with zero attached hydrogens (tertiary/aromatic N) is 1. The summed E-state index contributed by atoms with van der Waals surface area (Å²) in [5.41, 5.74) is -1.35. The molecule has 0 fully saturated rings. The molecular weight excluding hydrogens is 423 g/mol. The molecule has 1 amide bonds. The summed E-state index contributed by atoms with van der Waals surface area (Å²) in [7, 11) is -1.18. The van der Waals surface area contributed by atoms with Crippen LogP contribution in [0.1, 0.15) is 28.4 Å². The van der Waals surface area contributed by atoms with Gasteiger partial charge in [-0.25, -0.2) is 0 Å². The molecule has 1 aliphatic heterocycles. The second kappa shape index (κ2) is 8.18. The number of fused-ring (bicyclic) bond motifs is 1. The monoisotopic (exact) mass is 438 g/mol. The SMILES string of the molecule is CC(C#N)(COc1ccc2c(c1Cl)B(O)OC2)NC(=O)c1ccc(C(F)(F)F)cc1. The van der Waals surface area contributed by atoms with Crippen molar-refractivity contribution >= 4 is 30.1 Å². The van der Waals surface area contributed by atoms with Crippen molar-refractivity contribution in [2.75, 3.05) is 6.61 Å². The molecule has 1 heterocycles. The lowest BCUT2D eigenvalue weighted by Gasteiger charge is -2.24. The number of nitriles is 1. The van der Waals surface area contributed by atoms with E-state index in [2.05, 4.69) is 5.32 Å². The molecular formula is C19H15BClF3N2O4. The number of ether oxygens (including phenoxy) is 1. The van der Waals surface area contributed by atoms with Gasteiger partial charge in [0.05, 0.1) is 23.3 Å². The lowest BCUT2D eigenvalue weighted by atomic mass is 9.79. The van der Waals surface area contributed by atoms with Crippen LogP contribution in [0.2, 0.25) is 5.02 Å². The minimum atomic E-state index is -4.52. The smallest absolute Gasteiger partial charge is 0.488 e. The van der Waals surface area contributed by atoms with Crippen LogP contribution in [0, 0.1) is 11.3 Å². The number of halogens is 4. The molecule has 0 saturated heterocycles. The first-order chi connectivity index (χ1) is 14.0. The van der Waals surface area contributed by atoms with E-state index >= 15 is 0 Å². The molecule has 6 nitrogen and oxygen atoms in total. The van der Waals surface area contributed by atoms with Crippen LogP contribution in [0.15, 0.2) is 36.4 Å². The van der Waals surface area contributed by atoms with E-state index in [0.29, 0.717) is 11.0 Å². The normalized spacial score (nSPS) is 15.2. The van der Waals surface area contributed by atoms with Crippen LogP contribution in [0.3, 0.4) is 0 Å². The van der Waals surface area contributed by atoms with E-state index in [-0.39, 0.29) is 29.5 Å². The summed E-state index contributed by atoms with van der Waals surface area (Å²) in [6.45, 7) is 1.30. The quantitative estimate of drug-likeness (QED) is 0.701. The fourth-order valence-corrected chi connectivity index (χ4v) is 3.15. The molecule has 11 heteroatoms. The fourth-order valence-electron chi connectivity index (χ4n) is 2.82. The van der Waals surface area contributed by atoms with E-state index in [9.17, 15) is 28.3 Å². The highest BCUT2D eigenvalue weighted by Gasteiger charge is 2.34. The predicted molar refractivity (Wildman–Crippen MR) is 102 cm³/mol. The van der Waals surface area contributed by atoms with Crippen molar-refractivity contribution in [3.8, 4) is 11.8 Å². The van der Waals surface area contributed by atoms with E-state index in [1.807, 2.05) is 6.07 Å². The lowest BCUT2D eigenvalue weighted by Crippen LogP contribution is -2.49. The minimum absolute atomic E-state index is 0.0414. The Hall–Kier alpha value is -2.74. The molecule has 0 spiro atoms. The zero-order chi connectivity index (χ0) is 22.1. The summed E-state index contributed by atoms with van der Waals surface area (Å²) < 4.78 is 48.6. The Bertz CT molecular complexity index is 1010. The number of amides is 1. The standard InChI is InChI=1S/C19H15BClF3N2O4/c1-18(9-25,26-17(27)11-2-5-13(6-3-11)19(22,23)24)10-29-14-7-4-12-8-30-20(28)15(12)16(14)21/h2-7,28H,8,10H2,1H3,(H,26,27). The number of alkyl halides is 3. The minimum Gasteiger partial charge on any atom is -0.488 e. The molecule has 2 N–H and O–H groups in total. The Balaban J connectivity index is 1.70. The predicted octanol–water partition coefficient (Wildman–Crippen LogP) is 2.67. The molecule has 0 aliphatic carbocycles. The number of hydrogen-bond acceptors (Lipinski definition) is 5. The van der Waals surface area contributed by atoms with Gasteiger partial charge in [0.1, 0.15) is 12.4 Å². The first kappa shape index (κ1) is 22.0. The van der Waals surface area contributed by atoms with Gasteiger partial charge in [-0.05, 0) is 42.8 Å². The van der Waals surface area contributed by atoms with Crippen molar-refractivity contribution in [2.45, 2.75) is 25.2 Å². The number of benzene rings is 2. The molecule has 2 aromatic carbocycles. The van der Waals surface area contributed by atoms with Gasteiger partial charge in [-0.3, -0.25) is 4.79 Å². The summed E-state index contributed by atoms with van der Waals surface area (Å²) in [5.74, 6) is -0.550. The van der Waals surface area contributed by atoms with Gasteiger partial charge in [-0.2, -0.15) is 18.4 Å². The maximum absolute atomic E-state index is 12.7. The maximum atomic E-state index is 12.7. The summed E-state index contributed by atoms with van der Waals surface area (Å²) in [6.07, 6.45) is -4.52. The van der Waals surface area contributed by atoms with Gasteiger partial charge in [-0.15, -0.1) is 0 Å². The third-order valence-electron chi connectivity index (χ3n) is 4.51. The van der Waals surface area contributed by atoms with Gasteiger partial charge in [0.15, 0.2) is 5.54 Å². The van der Waals surface area contributed by atoms with E-state index in [1.165, 1.54) is 6.92 Å². The van der Waals surface area contributed by atoms with Gasteiger partial charge in [0.25, 0.3) is 5.91 Å². The Labute approximate surface area is 175 Å². The van der Waals surface area contributed by atoms with E-state index < -0.39 is 30.3 Å². The molecule has 3 rings (SSSR count). The van der Waals surface area contributed by atoms with Gasteiger partial charge in [0.2, 0.25) is 0 Å². The third kappa shape index (κ3) is 4.54. The molecule has 2 aromatic rings. The molecule has 0 saturated carbocycles. The van der Waals surface area contributed by atoms with Gasteiger partial charge < -0.3 is 19.7 Å². The molecule has 1 atom stereocenters. The number of carbonyl (C=O) groups is 1. The number of hydrogen-bond donors (Lipinski definition) is 2. The van der Waals surface area contributed by atoms with Crippen molar-refractivity contribution in [1.29, 1.82) is 5.26 Å². The van der Waals surface area contributed by atoms with Gasteiger partial charge >= 0.3 is 13.3 Å². The van der Waals surface area contributed by atoms with Crippen LogP contribution < -0.4 is 15.5 Å². The van der Waals surface area contributed by atoms with Crippen LogP contribution in [-0.4, -0.2) is 30.2 Å². The van der Waals surface area contributed by atoms with Crippen molar-refractivity contribution in [3.63, 3.8) is 0 Å². The van der Waals surface area contributed by atoms with E-state index in [0.717, 1.165) is 24.3 Å². The molecule has 0 radical (unpaired) electrons.